The molecule has 0 radical (unpaired) electrons. The molecule has 0 bridgehead atoms. The van der Waals surface area contributed by atoms with Crippen molar-refractivity contribution in [2.45, 2.75) is 6.61 Å². The predicted octanol–water partition coefficient (Wildman–Crippen LogP) is 2.88. The molecule has 166 valence electrons. The molecular formula is C24H24N2O6. The standard InChI is InChI=1S/C24H24N2O6/c1-29-21-9-5-6-10-22(21)32-17-24(28)26-25-23(27)16-31-20-13-11-19(12-14-20)30-15-18-7-3-2-4-8-18/h2-14H,15-17H2,1H3,(H,25,27)(H,26,28). The Labute approximate surface area is 186 Å². The Morgan fingerprint density at radius 2 is 1.19 bits per heavy atom. The highest BCUT2D eigenvalue weighted by molar-refractivity contribution is 5.83. The second-order valence-electron chi connectivity index (χ2n) is 6.57. The van der Waals surface area contributed by atoms with Gasteiger partial charge in [-0.05, 0) is 42.0 Å². The second kappa shape index (κ2) is 11.8. The average molecular weight is 436 g/mol. The van der Waals surface area contributed by atoms with E-state index in [2.05, 4.69) is 10.9 Å². The molecule has 0 unspecified atom stereocenters. The quantitative estimate of drug-likeness (QED) is 0.475. The van der Waals surface area contributed by atoms with Crippen molar-refractivity contribution in [1.82, 2.24) is 10.9 Å². The number of rotatable bonds is 10. The maximum atomic E-state index is 11.9. The summed E-state index contributed by atoms with van der Waals surface area (Å²) < 4.78 is 21.6. The Morgan fingerprint density at radius 3 is 1.81 bits per heavy atom. The summed E-state index contributed by atoms with van der Waals surface area (Å²) in [5.41, 5.74) is 5.60. The van der Waals surface area contributed by atoms with Gasteiger partial charge in [0.1, 0.15) is 18.1 Å². The zero-order valence-corrected chi connectivity index (χ0v) is 17.6. The maximum Gasteiger partial charge on any atom is 0.276 e. The van der Waals surface area contributed by atoms with Gasteiger partial charge in [-0.3, -0.25) is 20.4 Å². The highest BCUT2D eigenvalue weighted by Gasteiger charge is 2.09. The van der Waals surface area contributed by atoms with Crippen LogP contribution < -0.4 is 29.8 Å². The molecule has 0 aliphatic rings. The van der Waals surface area contributed by atoms with Gasteiger partial charge in [0.05, 0.1) is 7.11 Å². The Morgan fingerprint density at radius 1 is 0.656 bits per heavy atom. The fourth-order valence-corrected chi connectivity index (χ4v) is 2.61. The highest BCUT2D eigenvalue weighted by atomic mass is 16.5. The van der Waals surface area contributed by atoms with Crippen molar-refractivity contribution in [1.29, 1.82) is 0 Å². The summed E-state index contributed by atoms with van der Waals surface area (Å²) >= 11 is 0. The van der Waals surface area contributed by atoms with E-state index in [1.165, 1.54) is 7.11 Å². The van der Waals surface area contributed by atoms with E-state index in [0.717, 1.165) is 5.56 Å². The van der Waals surface area contributed by atoms with Gasteiger partial charge in [0, 0.05) is 0 Å². The van der Waals surface area contributed by atoms with Gasteiger partial charge >= 0.3 is 0 Å². The number of hydrogen-bond acceptors (Lipinski definition) is 6. The fourth-order valence-electron chi connectivity index (χ4n) is 2.61. The summed E-state index contributed by atoms with van der Waals surface area (Å²) in [4.78, 5) is 23.7. The summed E-state index contributed by atoms with van der Waals surface area (Å²) in [5, 5.41) is 0. The number of methoxy groups -OCH3 is 1. The minimum absolute atomic E-state index is 0.266. The SMILES string of the molecule is COc1ccccc1OCC(=O)NNC(=O)COc1ccc(OCc2ccccc2)cc1. The molecule has 0 heterocycles. The zero-order chi connectivity index (χ0) is 22.6. The first kappa shape index (κ1) is 22.5. The van der Waals surface area contributed by atoms with Crippen LogP contribution >= 0.6 is 0 Å². The third kappa shape index (κ3) is 7.24. The van der Waals surface area contributed by atoms with Gasteiger partial charge in [0.15, 0.2) is 24.7 Å². The van der Waals surface area contributed by atoms with Crippen LogP contribution in [0.15, 0.2) is 78.9 Å². The molecule has 0 saturated carbocycles. The van der Waals surface area contributed by atoms with Crippen LogP contribution in [-0.4, -0.2) is 32.1 Å². The fraction of sp³-hybridized carbons (Fsp3) is 0.167. The molecule has 8 heteroatoms. The van der Waals surface area contributed by atoms with Crippen molar-refractivity contribution in [3.05, 3.63) is 84.4 Å². The van der Waals surface area contributed by atoms with Gasteiger partial charge in [-0.15, -0.1) is 0 Å². The van der Waals surface area contributed by atoms with Crippen molar-refractivity contribution in [2.75, 3.05) is 20.3 Å². The molecule has 2 N–H and O–H groups in total. The molecule has 2 amide bonds. The van der Waals surface area contributed by atoms with E-state index in [-0.39, 0.29) is 13.2 Å². The molecule has 0 saturated heterocycles. The third-order valence-corrected chi connectivity index (χ3v) is 4.21. The summed E-state index contributed by atoms with van der Waals surface area (Å²) in [6, 6.07) is 23.7. The van der Waals surface area contributed by atoms with Crippen molar-refractivity contribution < 1.29 is 28.5 Å². The third-order valence-electron chi connectivity index (χ3n) is 4.21. The summed E-state index contributed by atoms with van der Waals surface area (Å²) in [7, 11) is 1.51. The number of carbonyl (C=O) groups is 2. The largest absolute Gasteiger partial charge is 0.493 e. The Kier molecular flexibility index (Phi) is 8.33. The number of hydrogen-bond donors (Lipinski definition) is 2. The maximum absolute atomic E-state index is 11.9. The first-order chi connectivity index (χ1) is 15.6. The topological polar surface area (TPSA) is 95.1 Å². The number of ether oxygens (including phenoxy) is 4. The van der Waals surface area contributed by atoms with E-state index in [1.54, 1.807) is 48.5 Å². The first-order valence-corrected chi connectivity index (χ1v) is 9.87. The van der Waals surface area contributed by atoms with Crippen LogP contribution in [0.25, 0.3) is 0 Å². The van der Waals surface area contributed by atoms with Crippen LogP contribution in [0.4, 0.5) is 0 Å². The molecule has 3 aromatic carbocycles. The lowest BCUT2D eigenvalue weighted by atomic mass is 10.2. The molecule has 32 heavy (non-hydrogen) atoms. The molecule has 0 aromatic heterocycles. The Hall–Kier alpha value is -4.20. The van der Waals surface area contributed by atoms with Crippen LogP contribution in [0.5, 0.6) is 23.0 Å². The molecular weight excluding hydrogens is 412 g/mol. The van der Waals surface area contributed by atoms with E-state index >= 15 is 0 Å². The van der Waals surface area contributed by atoms with E-state index < -0.39 is 11.8 Å². The van der Waals surface area contributed by atoms with Crippen LogP contribution in [-0.2, 0) is 16.2 Å². The molecule has 3 aromatic rings. The van der Waals surface area contributed by atoms with Gasteiger partial charge < -0.3 is 18.9 Å². The molecule has 0 aliphatic heterocycles. The minimum atomic E-state index is -0.524. The van der Waals surface area contributed by atoms with Gasteiger partial charge in [0.2, 0.25) is 0 Å². The van der Waals surface area contributed by atoms with Gasteiger partial charge in [0.25, 0.3) is 11.8 Å². The molecule has 0 spiro atoms. The zero-order valence-electron chi connectivity index (χ0n) is 17.6. The van der Waals surface area contributed by atoms with Crippen LogP contribution in [0.1, 0.15) is 5.56 Å². The van der Waals surface area contributed by atoms with Crippen molar-refractivity contribution in [3.63, 3.8) is 0 Å². The van der Waals surface area contributed by atoms with E-state index in [0.29, 0.717) is 29.6 Å². The number of amides is 2. The number of hydrazine groups is 1. The van der Waals surface area contributed by atoms with Crippen molar-refractivity contribution in [3.8, 4) is 23.0 Å². The summed E-state index contributed by atoms with van der Waals surface area (Å²) in [5.74, 6) is 1.08. The summed E-state index contributed by atoms with van der Waals surface area (Å²) in [6.07, 6.45) is 0. The normalized spacial score (nSPS) is 10.0. The van der Waals surface area contributed by atoms with Crippen LogP contribution in [0, 0.1) is 0 Å². The number of nitrogens with one attached hydrogen (secondary N) is 2. The minimum Gasteiger partial charge on any atom is -0.493 e. The summed E-state index contributed by atoms with van der Waals surface area (Å²) in [6.45, 7) is -0.0895. The monoisotopic (exact) mass is 436 g/mol. The smallest absolute Gasteiger partial charge is 0.276 e. The lowest BCUT2D eigenvalue weighted by molar-refractivity contribution is -0.131. The Balaban J connectivity index is 1.34. The molecule has 0 aliphatic carbocycles. The molecule has 0 atom stereocenters. The van der Waals surface area contributed by atoms with Gasteiger partial charge in [-0.25, -0.2) is 0 Å². The van der Waals surface area contributed by atoms with Gasteiger partial charge in [-0.1, -0.05) is 42.5 Å². The second-order valence-corrected chi connectivity index (χ2v) is 6.57. The van der Waals surface area contributed by atoms with Crippen LogP contribution in [0.2, 0.25) is 0 Å². The van der Waals surface area contributed by atoms with E-state index in [9.17, 15) is 9.59 Å². The lowest BCUT2D eigenvalue weighted by Gasteiger charge is -2.11. The number of benzene rings is 3. The Bertz CT molecular complexity index is 1010. The first-order valence-electron chi connectivity index (χ1n) is 9.87. The average Bonchev–Trinajstić information content (AvgIpc) is 2.85. The predicted molar refractivity (Wildman–Crippen MR) is 117 cm³/mol. The molecule has 3 rings (SSSR count). The lowest BCUT2D eigenvalue weighted by Crippen LogP contribution is -2.45. The number of para-hydroxylation sites is 2. The van der Waals surface area contributed by atoms with Crippen molar-refractivity contribution >= 4 is 11.8 Å². The van der Waals surface area contributed by atoms with Gasteiger partial charge in [-0.2, -0.15) is 0 Å². The van der Waals surface area contributed by atoms with Crippen molar-refractivity contribution in [2.24, 2.45) is 0 Å². The molecule has 8 nitrogen and oxygen atoms in total. The van der Waals surface area contributed by atoms with Crippen LogP contribution in [0.3, 0.4) is 0 Å². The van der Waals surface area contributed by atoms with E-state index in [4.69, 9.17) is 18.9 Å². The molecule has 0 fully saturated rings. The highest BCUT2D eigenvalue weighted by Crippen LogP contribution is 2.25. The number of carbonyl (C=O) groups excluding carboxylic acids is 2. The van der Waals surface area contributed by atoms with E-state index in [1.807, 2.05) is 30.3 Å².